The number of methoxy groups -OCH3 is 1. The van der Waals surface area contributed by atoms with E-state index in [4.69, 9.17) is 4.74 Å². The van der Waals surface area contributed by atoms with Crippen LogP contribution in [-0.4, -0.2) is 13.0 Å². The second-order valence-electron chi connectivity index (χ2n) is 3.43. The minimum Gasteiger partial charge on any atom is -0.496 e. The van der Waals surface area contributed by atoms with Crippen LogP contribution in [0.2, 0.25) is 0 Å². The zero-order valence-corrected chi connectivity index (χ0v) is 11.8. The summed E-state index contributed by atoms with van der Waals surface area (Å²) in [6, 6.07) is 5.95. The minimum absolute atomic E-state index is 0.248. The quantitative estimate of drug-likeness (QED) is 0.927. The molecule has 2 aromatic rings. The molecule has 0 spiro atoms. The van der Waals surface area contributed by atoms with Crippen LogP contribution in [0, 0.1) is 5.82 Å². The number of hydrogen-bond donors (Lipinski definition) is 1. The first-order valence-corrected chi connectivity index (χ1v) is 6.66. The maximum Gasteiger partial charge on any atom is 0.265 e. The summed E-state index contributed by atoms with van der Waals surface area (Å²) in [5, 5.41) is 4.43. The Hall–Kier alpha value is -1.40. The van der Waals surface area contributed by atoms with Crippen LogP contribution in [0.5, 0.6) is 5.75 Å². The number of rotatable bonds is 3. The maximum atomic E-state index is 13.0. The molecule has 0 fully saturated rings. The Balaban J connectivity index is 2.13. The van der Waals surface area contributed by atoms with Crippen molar-refractivity contribution < 1.29 is 13.9 Å². The number of thiophene rings is 1. The third kappa shape index (κ3) is 2.88. The van der Waals surface area contributed by atoms with Crippen LogP contribution in [0.3, 0.4) is 0 Å². The summed E-state index contributed by atoms with van der Waals surface area (Å²) in [4.78, 5) is 12.4. The average molecular weight is 330 g/mol. The first kappa shape index (κ1) is 13.0. The molecule has 94 valence electrons. The van der Waals surface area contributed by atoms with Crippen LogP contribution >= 0.6 is 27.3 Å². The van der Waals surface area contributed by atoms with Gasteiger partial charge in [-0.15, -0.1) is 11.3 Å². The van der Waals surface area contributed by atoms with E-state index < -0.39 is 0 Å². The van der Waals surface area contributed by atoms with E-state index >= 15 is 0 Å². The van der Waals surface area contributed by atoms with E-state index in [0.717, 1.165) is 0 Å². The van der Waals surface area contributed by atoms with Gasteiger partial charge < -0.3 is 10.1 Å². The molecule has 0 aliphatic heterocycles. The number of carbonyl (C=O) groups excluding carboxylic acids is 1. The van der Waals surface area contributed by atoms with Gasteiger partial charge >= 0.3 is 0 Å². The number of carbonyl (C=O) groups is 1. The van der Waals surface area contributed by atoms with Crippen LogP contribution in [0.4, 0.5) is 10.1 Å². The molecule has 0 saturated carbocycles. The standard InChI is InChI=1S/C12H9BrFNO2S/c1-17-8-5-11(18-6-8)12(16)15-7-2-3-10(14)9(13)4-7/h2-6H,1H3,(H,15,16). The fourth-order valence-electron chi connectivity index (χ4n) is 1.31. The number of ether oxygens (including phenoxy) is 1. The van der Waals surface area contributed by atoms with Crippen LogP contribution in [0.1, 0.15) is 9.67 Å². The molecule has 1 amide bonds. The molecule has 18 heavy (non-hydrogen) atoms. The van der Waals surface area contributed by atoms with Gasteiger partial charge in [-0.3, -0.25) is 4.79 Å². The largest absolute Gasteiger partial charge is 0.496 e. The van der Waals surface area contributed by atoms with E-state index in [0.29, 0.717) is 20.8 Å². The summed E-state index contributed by atoms with van der Waals surface area (Å²) < 4.78 is 18.3. The van der Waals surface area contributed by atoms with Crippen LogP contribution in [-0.2, 0) is 0 Å². The zero-order valence-electron chi connectivity index (χ0n) is 9.37. The van der Waals surface area contributed by atoms with Gasteiger partial charge in [-0.05, 0) is 34.1 Å². The fourth-order valence-corrected chi connectivity index (χ4v) is 2.44. The lowest BCUT2D eigenvalue weighted by atomic mass is 10.3. The van der Waals surface area contributed by atoms with E-state index in [1.165, 1.54) is 29.5 Å². The highest BCUT2D eigenvalue weighted by Gasteiger charge is 2.10. The number of amides is 1. The van der Waals surface area contributed by atoms with E-state index in [1.807, 2.05) is 0 Å². The number of hydrogen-bond acceptors (Lipinski definition) is 3. The van der Waals surface area contributed by atoms with Crippen molar-refractivity contribution in [3.05, 3.63) is 44.8 Å². The Morgan fingerprint density at radius 2 is 2.22 bits per heavy atom. The van der Waals surface area contributed by atoms with Crippen molar-refractivity contribution in [1.29, 1.82) is 0 Å². The van der Waals surface area contributed by atoms with Gasteiger partial charge in [0.05, 0.1) is 16.5 Å². The molecular weight excluding hydrogens is 321 g/mol. The third-order valence-corrected chi connectivity index (χ3v) is 3.73. The van der Waals surface area contributed by atoms with Crippen molar-refractivity contribution in [3.8, 4) is 5.75 Å². The molecule has 0 aliphatic rings. The molecule has 1 heterocycles. The first-order chi connectivity index (χ1) is 8.60. The lowest BCUT2D eigenvalue weighted by molar-refractivity contribution is 0.103. The third-order valence-electron chi connectivity index (χ3n) is 2.21. The Kier molecular flexibility index (Phi) is 3.98. The molecule has 6 heteroatoms. The van der Waals surface area contributed by atoms with Gasteiger partial charge in [0.25, 0.3) is 5.91 Å². The second kappa shape index (κ2) is 5.49. The molecule has 2 rings (SSSR count). The highest BCUT2D eigenvalue weighted by Crippen LogP contribution is 2.24. The molecule has 0 unspecified atom stereocenters. The van der Waals surface area contributed by atoms with Crippen molar-refractivity contribution in [2.24, 2.45) is 0 Å². The summed E-state index contributed by atoms with van der Waals surface area (Å²) in [7, 11) is 1.54. The van der Waals surface area contributed by atoms with Gasteiger partial charge in [0.2, 0.25) is 0 Å². The molecule has 3 nitrogen and oxygen atoms in total. The van der Waals surface area contributed by atoms with Crippen LogP contribution < -0.4 is 10.1 Å². The molecule has 0 aliphatic carbocycles. The zero-order chi connectivity index (χ0) is 13.1. The summed E-state index contributed by atoms with van der Waals surface area (Å²) in [6.07, 6.45) is 0. The Morgan fingerprint density at radius 3 is 2.83 bits per heavy atom. The highest BCUT2D eigenvalue weighted by molar-refractivity contribution is 9.10. The van der Waals surface area contributed by atoms with Crippen molar-refractivity contribution in [2.75, 3.05) is 12.4 Å². The van der Waals surface area contributed by atoms with Crippen molar-refractivity contribution >= 4 is 38.9 Å². The smallest absolute Gasteiger partial charge is 0.265 e. The minimum atomic E-state index is -0.370. The van der Waals surface area contributed by atoms with Gasteiger partial charge in [0, 0.05) is 17.1 Å². The first-order valence-electron chi connectivity index (χ1n) is 4.99. The summed E-state index contributed by atoms with van der Waals surface area (Å²) in [5.41, 5.74) is 0.528. The lowest BCUT2D eigenvalue weighted by Gasteiger charge is -2.04. The van der Waals surface area contributed by atoms with Gasteiger partial charge in [-0.2, -0.15) is 0 Å². The summed E-state index contributed by atoms with van der Waals surface area (Å²) >= 11 is 4.35. The summed E-state index contributed by atoms with van der Waals surface area (Å²) in [5.74, 6) is 0.0260. The maximum absolute atomic E-state index is 13.0. The van der Waals surface area contributed by atoms with Gasteiger partial charge in [0.1, 0.15) is 11.6 Å². The van der Waals surface area contributed by atoms with E-state index in [1.54, 1.807) is 18.6 Å². The topological polar surface area (TPSA) is 38.3 Å². The van der Waals surface area contributed by atoms with E-state index in [2.05, 4.69) is 21.2 Å². The van der Waals surface area contributed by atoms with E-state index in [-0.39, 0.29) is 11.7 Å². The van der Waals surface area contributed by atoms with Gasteiger partial charge in [0.15, 0.2) is 0 Å². The van der Waals surface area contributed by atoms with Crippen LogP contribution in [0.15, 0.2) is 34.1 Å². The summed E-state index contributed by atoms with van der Waals surface area (Å²) in [6.45, 7) is 0. The molecule has 0 saturated heterocycles. The Morgan fingerprint density at radius 1 is 1.44 bits per heavy atom. The van der Waals surface area contributed by atoms with Gasteiger partial charge in [-0.1, -0.05) is 0 Å². The normalized spacial score (nSPS) is 10.2. The lowest BCUT2D eigenvalue weighted by Crippen LogP contribution is -2.10. The SMILES string of the molecule is COc1csc(C(=O)Nc2ccc(F)c(Br)c2)c1. The Labute approximate surface area is 116 Å². The van der Waals surface area contributed by atoms with Crippen molar-refractivity contribution in [1.82, 2.24) is 0 Å². The molecule has 0 bridgehead atoms. The van der Waals surface area contributed by atoms with Gasteiger partial charge in [-0.25, -0.2) is 4.39 Å². The number of benzene rings is 1. The second-order valence-corrected chi connectivity index (χ2v) is 5.20. The number of anilines is 1. The molecular formula is C12H9BrFNO2S. The molecule has 1 aromatic heterocycles. The fraction of sp³-hybridized carbons (Fsp3) is 0.0833. The van der Waals surface area contributed by atoms with Crippen molar-refractivity contribution in [3.63, 3.8) is 0 Å². The van der Waals surface area contributed by atoms with Crippen molar-refractivity contribution in [2.45, 2.75) is 0 Å². The predicted molar refractivity (Wildman–Crippen MR) is 72.9 cm³/mol. The molecule has 1 N–H and O–H groups in total. The monoisotopic (exact) mass is 329 g/mol. The van der Waals surface area contributed by atoms with E-state index in [9.17, 15) is 9.18 Å². The average Bonchev–Trinajstić information content (AvgIpc) is 2.82. The number of halogens is 2. The van der Waals surface area contributed by atoms with Crippen LogP contribution in [0.25, 0.3) is 0 Å². The number of nitrogens with one attached hydrogen (secondary N) is 1. The predicted octanol–water partition coefficient (Wildman–Crippen LogP) is 3.91. The highest BCUT2D eigenvalue weighted by atomic mass is 79.9. The molecule has 0 atom stereocenters. The Bertz CT molecular complexity index is 585. The molecule has 1 aromatic carbocycles. The molecule has 0 radical (unpaired) electrons.